The molecule has 7 heteroatoms. The zero-order valence-corrected chi connectivity index (χ0v) is 13.6. The van der Waals surface area contributed by atoms with Gasteiger partial charge in [0.25, 0.3) is 5.91 Å². The number of carbonyl (C=O) groups is 2. The first-order valence-corrected chi connectivity index (χ1v) is 8.00. The number of amides is 2. The molecule has 0 aliphatic heterocycles. The molecular formula is C16H19N3O3S. The Morgan fingerprint density at radius 2 is 2.00 bits per heavy atom. The zero-order chi connectivity index (χ0) is 16.7. The number of ether oxygens (including phenoxy) is 1. The third-order valence-corrected chi connectivity index (χ3v) is 4.08. The van der Waals surface area contributed by atoms with Crippen molar-refractivity contribution in [2.24, 2.45) is 0 Å². The second kappa shape index (κ2) is 8.30. The van der Waals surface area contributed by atoms with Crippen LogP contribution in [0.4, 0.5) is 11.4 Å². The van der Waals surface area contributed by atoms with E-state index in [9.17, 15) is 9.59 Å². The summed E-state index contributed by atoms with van der Waals surface area (Å²) in [4.78, 5) is 25.1. The molecule has 0 spiro atoms. The Morgan fingerprint density at radius 1 is 1.22 bits per heavy atom. The maximum absolute atomic E-state index is 12.2. The first-order valence-electron chi connectivity index (χ1n) is 7.19. The molecule has 6 nitrogen and oxygen atoms in total. The van der Waals surface area contributed by atoms with Crippen LogP contribution in [0.3, 0.4) is 0 Å². The SMILES string of the molecule is CCOCC(=O)NCc1ccc(C(=O)Nc2ccccc2N)s1. The number of carbonyl (C=O) groups excluding carboxylic acids is 2. The van der Waals surface area contributed by atoms with E-state index in [2.05, 4.69) is 10.6 Å². The number of nitrogen functional groups attached to an aromatic ring is 1. The summed E-state index contributed by atoms with van der Waals surface area (Å²) in [7, 11) is 0. The molecule has 0 aliphatic rings. The lowest BCUT2D eigenvalue weighted by Crippen LogP contribution is -2.26. The quantitative estimate of drug-likeness (QED) is 0.677. The Hall–Kier alpha value is -2.38. The number of para-hydroxylation sites is 2. The van der Waals surface area contributed by atoms with Crippen molar-refractivity contribution in [3.05, 3.63) is 46.2 Å². The molecule has 0 bridgehead atoms. The van der Waals surface area contributed by atoms with Gasteiger partial charge in [0.2, 0.25) is 5.91 Å². The lowest BCUT2D eigenvalue weighted by Gasteiger charge is -2.06. The summed E-state index contributed by atoms with van der Waals surface area (Å²) in [5.41, 5.74) is 6.90. The standard InChI is InChI=1S/C16H19N3O3S/c1-2-22-10-15(20)18-9-11-7-8-14(23-11)16(21)19-13-6-4-3-5-12(13)17/h3-8H,2,9-10,17H2,1H3,(H,18,20)(H,19,21). The van der Waals surface area contributed by atoms with Gasteiger partial charge in [0.15, 0.2) is 0 Å². The fraction of sp³-hybridized carbons (Fsp3) is 0.250. The highest BCUT2D eigenvalue weighted by atomic mass is 32.1. The van der Waals surface area contributed by atoms with E-state index in [0.29, 0.717) is 29.4 Å². The Kier molecular flexibility index (Phi) is 6.13. The normalized spacial score (nSPS) is 10.3. The Labute approximate surface area is 138 Å². The Bertz CT molecular complexity index is 685. The maximum Gasteiger partial charge on any atom is 0.265 e. The molecule has 0 aliphatic carbocycles. The monoisotopic (exact) mass is 333 g/mol. The van der Waals surface area contributed by atoms with Crippen LogP contribution in [0.25, 0.3) is 0 Å². The van der Waals surface area contributed by atoms with Gasteiger partial charge in [-0.05, 0) is 31.2 Å². The van der Waals surface area contributed by atoms with E-state index >= 15 is 0 Å². The molecule has 2 amide bonds. The number of rotatable bonds is 7. The molecular weight excluding hydrogens is 314 g/mol. The number of hydrogen-bond donors (Lipinski definition) is 3. The minimum absolute atomic E-state index is 0.0441. The fourth-order valence-electron chi connectivity index (χ4n) is 1.82. The molecule has 1 heterocycles. The van der Waals surface area contributed by atoms with Gasteiger partial charge in [-0.3, -0.25) is 9.59 Å². The Morgan fingerprint density at radius 3 is 2.74 bits per heavy atom. The minimum atomic E-state index is -0.222. The third kappa shape index (κ3) is 5.08. The molecule has 0 unspecified atom stereocenters. The van der Waals surface area contributed by atoms with Crippen molar-refractivity contribution in [3.8, 4) is 0 Å². The van der Waals surface area contributed by atoms with E-state index in [1.807, 2.05) is 13.0 Å². The number of thiophene rings is 1. The van der Waals surface area contributed by atoms with E-state index in [1.165, 1.54) is 11.3 Å². The molecule has 2 rings (SSSR count). The molecule has 4 N–H and O–H groups in total. The molecule has 0 saturated heterocycles. The van der Waals surface area contributed by atoms with E-state index in [4.69, 9.17) is 10.5 Å². The predicted molar refractivity (Wildman–Crippen MR) is 91.5 cm³/mol. The molecule has 0 atom stereocenters. The van der Waals surface area contributed by atoms with Crippen LogP contribution in [0.1, 0.15) is 21.5 Å². The lowest BCUT2D eigenvalue weighted by molar-refractivity contribution is -0.125. The summed E-state index contributed by atoms with van der Waals surface area (Å²) >= 11 is 1.32. The topological polar surface area (TPSA) is 93.4 Å². The van der Waals surface area contributed by atoms with Crippen LogP contribution >= 0.6 is 11.3 Å². The van der Waals surface area contributed by atoms with Gasteiger partial charge in [0.05, 0.1) is 22.8 Å². The van der Waals surface area contributed by atoms with Crippen molar-refractivity contribution >= 4 is 34.5 Å². The number of anilines is 2. The van der Waals surface area contributed by atoms with Gasteiger partial charge in [0, 0.05) is 11.5 Å². The summed E-state index contributed by atoms with van der Waals surface area (Å²) in [6.07, 6.45) is 0. The third-order valence-electron chi connectivity index (χ3n) is 2.99. The smallest absolute Gasteiger partial charge is 0.265 e. The van der Waals surface area contributed by atoms with Crippen LogP contribution < -0.4 is 16.4 Å². The number of nitrogens with one attached hydrogen (secondary N) is 2. The molecule has 23 heavy (non-hydrogen) atoms. The largest absolute Gasteiger partial charge is 0.397 e. The van der Waals surface area contributed by atoms with Gasteiger partial charge in [-0.1, -0.05) is 12.1 Å². The van der Waals surface area contributed by atoms with Crippen molar-refractivity contribution in [2.75, 3.05) is 24.3 Å². The highest BCUT2D eigenvalue weighted by Crippen LogP contribution is 2.21. The number of hydrogen-bond acceptors (Lipinski definition) is 5. The van der Waals surface area contributed by atoms with Crippen LogP contribution in [0, 0.1) is 0 Å². The first-order chi connectivity index (χ1) is 11.1. The average molecular weight is 333 g/mol. The van der Waals surface area contributed by atoms with Crippen LogP contribution in [-0.4, -0.2) is 25.0 Å². The van der Waals surface area contributed by atoms with Crippen molar-refractivity contribution in [1.29, 1.82) is 0 Å². The van der Waals surface area contributed by atoms with Gasteiger partial charge >= 0.3 is 0 Å². The molecule has 2 aromatic rings. The summed E-state index contributed by atoms with van der Waals surface area (Å²) < 4.78 is 5.02. The van der Waals surface area contributed by atoms with Gasteiger partial charge in [-0.25, -0.2) is 0 Å². The van der Waals surface area contributed by atoms with E-state index in [0.717, 1.165) is 4.88 Å². The second-order valence-electron chi connectivity index (χ2n) is 4.72. The Balaban J connectivity index is 1.90. The summed E-state index contributed by atoms with van der Waals surface area (Å²) in [5, 5.41) is 5.51. The van der Waals surface area contributed by atoms with Crippen LogP contribution in [0.5, 0.6) is 0 Å². The number of nitrogens with two attached hydrogens (primary N) is 1. The van der Waals surface area contributed by atoms with Crippen molar-refractivity contribution in [2.45, 2.75) is 13.5 Å². The van der Waals surface area contributed by atoms with Crippen LogP contribution in [0.15, 0.2) is 36.4 Å². The molecule has 1 aromatic heterocycles. The van der Waals surface area contributed by atoms with Gasteiger partial charge < -0.3 is 21.1 Å². The molecule has 0 radical (unpaired) electrons. The predicted octanol–water partition coefficient (Wildman–Crippen LogP) is 2.24. The van der Waals surface area contributed by atoms with E-state index in [1.54, 1.807) is 30.3 Å². The number of benzene rings is 1. The molecule has 0 saturated carbocycles. The van der Waals surface area contributed by atoms with Gasteiger partial charge in [0.1, 0.15) is 6.61 Å². The summed E-state index contributed by atoms with van der Waals surface area (Å²) in [5.74, 6) is -0.400. The molecule has 1 aromatic carbocycles. The van der Waals surface area contributed by atoms with Gasteiger partial charge in [-0.2, -0.15) is 0 Å². The summed E-state index contributed by atoms with van der Waals surface area (Å²) in [6, 6.07) is 10.6. The zero-order valence-electron chi connectivity index (χ0n) is 12.8. The van der Waals surface area contributed by atoms with Crippen LogP contribution in [0.2, 0.25) is 0 Å². The van der Waals surface area contributed by atoms with Crippen LogP contribution in [-0.2, 0) is 16.1 Å². The molecule has 0 fully saturated rings. The summed E-state index contributed by atoms with van der Waals surface area (Å²) in [6.45, 7) is 2.75. The highest BCUT2D eigenvalue weighted by Gasteiger charge is 2.11. The average Bonchev–Trinajstić information content (AvgIpc) is 3.02. The fourth-order valence-corrected chi connectivity index (χ4v) is 2.66. The molecule has 122 valence electrons. The lowest BCUT2D eigenvalue weighted by atomic mass is 10.2. The van der Waals surface area contributed by atoms with E-state index in [-0.39, 0.29) is 18.4 Å². The van der Waals surface area contributed by atoms with Crippen molar-refractivity contribution in [1.82, 2.24) is 5.32 Å². The van der Waals surface area contributed by atoms with Crippen molar-refractivity contribution < 1.29 is 14.3 Å². The van der Waals surface area contributed by atoms with E-state index < -0.39 is 0 Å². The van der Waals surface area contributed by atoms with Crippen molar-refractivity contribution in [3.63, 3.8) is 0 Å². The van der Waals surface area contributed by atoms with Gasteiger partial charge in [-0.15, -0.1) is 11.3 Å². The second-order valence-corrected chi connectivity index (χ2v) is 5.89. The first kappa shape index (κ1) is 17.0. The minimum Gasteiger partial charge on any atom is -0.397 e. The highest BCUT2D eigenvalue weighted by molar-refractivity contribution is 7.14. The maximum atomic E-state index is 12.2.